The van der Waals surface area contributed by atoms with Gasteiger partial charge < -0.3 is 28.1 Å². The van der Waals surface area contributed by atoms with Crippen molar-refractivity contribution >= 4 is 33.5 Å². The predicted octanol–water partition coefficient (Wildman–Crippen LogP) is 3.97. The summed E-state index contributed by atoms with van der Waals surface area (Å²) in [5.74, 6) is 1.31. The monoisotopic (exact) mass is 402 g/mol. The van der Waals surface area contributed by atoms with Crippen LogP contribution < -0.4 is 24.4 Å². The topological polar surface area (TPSA) is 76.4 Å². The summed E-state index contributed by atoms with van der Waals surface area (Å²) in [6.45, 7) is 0. The van der Waals surface area contributed by atoms with Crippen molar-refractivity contribution in [3.8, 4) is 23.0 Å². The van der Waals surface area contributed by atoms with Crippen LogP contribution in [0.3, 0.4) is 0 Å². The van der Waals surface area contributed by atoms with Gasteiger partial charge in [-0.3, -0.25) is 4.79 Å². The van der Waals surface area contributed by atoms with E-state index in [0.717, 1.165) is 5.56 Å². The van der Waals surface area contributed by atoms with Crippen molar-refractivity contribution in [1.29, 1.82) is 0 Å². The SMILES string of the molecule is COc1cc2oc3cc4c(c(OC)c3c(=O)c2c(OC)c1Cl)[C@@H]1C=CO[C@@H]1O4. The van der Waals surface area contributed by atoms with Gasteiger partial charge in [0.2, 0.25) is 5.43 Å². The molecular weight excluding hydrogens is 388 g/mol. The lowest BCUT2D eigenvalue weighted by Gasteiger charge is -2.14. The fourth-order valence-electron chi connectivity index (χ4n) is 3.86. The zero-order valence-electron chi connectivity index (χ0n) is 15.2. The highest BCUT2D eigenvalue weighted by molar-refractivity contribution is 6.34. The number of rotatable bonds is 3. The van der Waals surface area contributed by atoms with Crippen LogP contribution in [0.2, 0.25) is 5.02 Å². The number of fused-ring (bicyclic) bond motifs is 5. The van der Waals surface area contributed by atoms with Gasteiger partial charge in [-0.25, -0.2) is 0 Å². The summed E-state index contributed by atoms with van der Waals surface area (Å²) in [5, 5.41) is 0.699. The third kappa shape index (κ3) is 2.08. The van der Waals surface area contributed by atoms with Gasteiger partial charge in [0.05, 0.1) is 39.1 Å². The van der Waals surface area contributed by atoms with Crippen LogP contribution in [-0.4, -0.2) is 27.6 Å². The van der Waals surface area contributed by atoms with Crippen LogP contribution >= 0.6 is 11.6 Å². The van der Waals surface area contributed by atoms with Gasteiger partial charge in [-0.15, -0.1) is 0 Å². The highest BCUT2D eigenvalue weighted by Gasteiger charge is 2.41. The van der Waals surface area contributed by atoms with E-state index in [4.69, 9.17) is 39.7 Å². The lowest BCUT2D eigenvalue weighted by molar-refractivity contribution is -0.00481. The van der Waals surface area contributed by atoms with Gasteiger partial charge in [0.15, 0.2) is 5.75 Å². The molecule has 8 heteroatoms. The summed E-state index contributed by atoms with van der Waals surface area (Å²) in [5.41, 5.74) is 1.04. The van der Waals surface area contributed by atoms with Gasteiger partial charge in [0.25, 0.3) is 6.29 Å². The predicted molar refractivity (Wildman–Crippen MR) is 102 cm³/mol. The zero-order chi connectivity index (χ0) is 19.6. The molecule has 2 aliphatic heterocycles. The smallest absolute Gasteiger partial charge is 0.250 e. The second kappa shape index (κ2) is 5.97. The van der Waals surface area contributed by atoms with E-state index in [-0.39, 0.29) is 38.5 Å². The summed E-state index contributed by atoms with van der Waals surface area (Å²) in [6, 6.07) is 3.24. The molecule has 0 unspecified atom stereocenters. The second-order valence-corrected chi connectivity index (χ2v) is 6.78. The molecule has 5 rings (SSSR count). The fraction of sp³-hybridized carbons (Fsp3) is 0.250. The molecule has 1 aromatic heterocycles. The van der Waals surface area contributed by atoms with Gasteiger partial charge in [-0.2, -0.15) is 0 Å². The van der Waals surface area contributed by atoms with E-state index in [9.17, 15) is 4.79 Å². The maximum Gasteiger partial charge on any atom is 0.250 e. The number of hydrogen-bond donors (Lipinski definition) is 0. The average molecular weight is 403 g/mol. The third-order valence-corrected chi connectivity index (χ3v) is 5.43. The van der Waals surface area contributed by atoms with Crippen LogP contribution in [0, 0.1) is 0 Å². The van der Waals surface area contributed by atoms with Crippen molar-refractivity contribution in [2.24, 2.45) is 0 Å². The third-order valence-electron chi connectivity index (χ3n) is 5.07. The molecule has 0 fully saturated rings. The number of benzene rings is 2. The zero-order valence-corrected chi connectivity index (χ0v) is 16.0. The Morgan fingerprint density at radius 2 is 1.71 bits per heavy atom. The first-order valence-corrected chi connectivity index (χ1v) is 8.87. The molecule has 0 amide bonds. The molecule has 0 saturated carbocycles. The lowest BCUT2D eigenvalue weighted by Crippen LogP contribution is -2.14. The molecule has 2 atom stereocenters. The van der Waals surface area contributed by atoms with Crippen LogP contribution in [0.15, 0.2) is 33.7 Å². The van der Waals surface area contributed by atoms with Crippen LogP contribution in [0.4, 0.5) is 0 Å². The number of hydrogen-bond acceptors (Lipinski definition) is 7. The Bertz CT molecular complexity index is 1230. The van der Waals surface area contributed by atoms with E-state index in [1.807, 2.05) is 6.08 Å². The van der Waals surface area contributed by atoms with Crippen LogP contribution in [0.25, 0.3) is 21.9 Å². The molecule has 0 aliphatic carbocycles. The minimum Gasteiger partial charge on any atom is -0.495 e. The largest absolute Gasteiger partial charge is 0.495 e. The highest BCUT2D eigenvalue weighted by atomic mass is 35.5. The summed E-state index contributed by atoms with van der Waals surface area (Å²) >= 11 is 6.34. The summed E-state index contributed by atoms with van der Waals surface area (Å²) in [4.78, 5) is 13.5. The van der Waals surface area contributed by atoms with Crippen molar-refractivity contribution in [3.63, 3.8) is 0 Å². The molecule has 0 N–H and O–H groups in total. The van der Waals surface area contributed by atoms with E-state index in [0.29, 0.717) is 22.8 Å². The molecule has 0 saturated heterocycles. The molecular formula is C20H15ClO7. The van der Waals surface area contributed by atoms with Gasteiger partial charge >= 0.3 is 0 Å². The molecule has 3 aromatic rings. The molecule has 7 nitrogen and oxygen atoms in total. The van der Waals surface area contributed by atoms with Gasteiger partial charge in [-0.05, 0) is 6.08 Å². The fourth-order valence-corrected chi connectivity index (χ4v) is 4.16. The molecule has 28 heavy (non-hydrogen) atoms. The van der Waals surface area contributed by atoms with Crippen molar-refractivity contribution in [1.82, 2.24) is 0 Å². The average Bonchev–Trinajstić information content (AvgIpc) is 3.27. The van der Waals surface area contributed by atoms with Crippen LogP contribution in [0.1, 0.15) is 11.5 Å². The quantitative estimate of drug-likeness (QED) is 0.613. The van der Waals surface area contributed by atoms with Gasteiger partial charge in [0, 0.05) is 12.1 Å². The van der Waals surface area contributed by atoms with E-state index in [2.05, 4.69) is 0 Å². The maximum absolute atomic E-state index is 13.5. The van der Waals surface area contributed by atoms with E-state index < -0.39 is 6.29 Å². The highest BCUT2D eigenvalue weighted by Crippen LogP contribution is 2.50. The summed E-state index contributed by atoms with van der Waals surface area (Å²) in [7, 11) is 4.41. The lowest BCUT2D eigenvalue weighted by atomic mass is 9.97. The van der Waals surface area contributed by atoms with Crippen LogP contribution in [0.5, 0.6) is 23.0 Å². The molecule has 0 spiro atoms. The normalized spacial score (nSPS) is 19.3. The molecule has 0 radical (unpaired) electrons. The standard InChI is InChI=1S/C20H15ClO7/c1-23-12-7-11-15(19(25-3)16(12)21)17(22)14-10(27-11)6-9-13(18(14)24-2)8-4-5-26-20(8)28-9/h4-8,20H,1-3H3/t8-,20+/m0/s1. The summed E-state index contributed by atoms with van der Waals surface area (Å²) in [6.07, 6.45) is 2.98. The Hall–Kier alpha value is -3.06. The van der Waals surface area contributed by atoms with Crippen molar-refractivity contribution in [2.75, 3.05) is 21.3 Å². The minimum absolute atomic E-state index is 0.161. The van der Waals surface area contributed by atoms with Crippen molar-refractivity contribution in [2.45, 2.75) is 12.2 Å². The first kappa shape index (κ1) is 17.1. The Morgan fingerprint density at radius 1 is 1.00 bits per heavy atom. The number of methoxy groups -OCH3 is 3. The molecule has 2 aromatic carbocycles. The Labute approximate surface area is 163 Å². The first-order valence-electron chi connectivity index (χ1n) is 8.49. The first-order chi connectivity index (χ1) is 13.6. The Kier molecular flexibility index (Phi) is 3.64. The molecule has 2 aliphatic rings. The van der Waals surface area contributed by atoms with Crippen molar-refractivity contribution < 1.29 is 28.1 Å². The van der Waals surface area contributed by atoms with E-state index in [1.165, 1.54) is 21.3 Å². The van der Waals surface area contributed by atoms with Crippen LogP contribution in [-0.2, 0) is 4.74 Å². The van der Waals surface area contributed by atoms with Crippen molar-refractivity contribution in [3.05, 3.63) is 45.3 Å². The minimum atomic E-state index is -0.477. The number of ether oxygens (including phenoxy) is 5. The van der Waals surface area contributed by atoms with Gasteiger partial charge in [-0.1, -0.05) is 11.6 Å². The Balaban J connectivity index is 1.94. The second-order valence-electron chi connectivity index (χ2n) is 6.40. The molecule has 144 valence electrons. The number of halogens is 1. The van der Waals surface area contributed by atoms with E-state index >= 15 is 0 Å². The maximum atomic E-state index is 13.5. The molecule has 3 heterocycles. The Morgan fingerprint density at radius 3 is 2.43 bits per heavy atom. The summed E-state index contributed by atoms with van der Waals surface area (Å²) < 4.78 is 33.6. The van der Waals surface area contributed by atoms with Gasteiger partial charge in [0.1, 0.15) is 44.2 Å². The van der Waals surface area contributed by atoms with E-state index in [1.54, 1.807) is 18.4 Å². The molecule has 0 bridgehead atoms.